The van der Waals surface area contributed by atoms with Gasteiger partial charge in [0.2, 0.25) is 0 Å². The largest absolute Gasteiger partial charge is 0.359 e. The van der Waals surface area contributed by atoms with Crippen molar-refractivity contribution in [2.75, 3.05) is 14.1 Å². The van der Waals surface area contributed by atoms with E-state index in [9.17, 15) is 0 Å². The normalized spacial score (nSPS) is 39.0. The number of allylic oxidation sites excluding steroid dienone is 3. The van der Waals surface area contributed by atoms with E-state index in [0.717, 1.165) is 19.3 Å². The van der Waals surface area contributed by atoms with E-state index in [1.807, 2.05) is 12.4 Å². The molecule has 1 unspecified atom stereocenters. The predicted octanol–water partition coefficient (Wildman–Crippen LogP) is 6.32. The van der Waals surface area contributed by atoms with Crippen LogP contribution in [0.25, 0.3) is 16.3 Å². The van der Waals surface area contributed by atoms with Crippen molar-refractivity contribution in [3.8, 4) is 0 Å². The van der Waals surface area contributed by atoms with Gasteiger partial charge in [0, 0.05) is 35.2 Å². The van der Waals surface area contributed by atoms with Crippen molar-refractivity contribution in [2.45, 2.75) is 69.1 Å². The van der Waals surface area contributed by atoms with E-state index in [1.165, 1.54) is 53.2 Å². The molecule has 1 saturated carbocycles. The van der Waals surface area contributed by atoms with Crippen molar-refractivity contribution in [3.63, 3.8) is 0 Å². The summed E-state index contributed by atoms with van der Waals surface area (Å²) in [7, 11) is 4.47. The third-order valence-corrected chi connectivity index (χ3v) is 9.93. The molecule has 1 saturated heterocycles. The van der Waals surface area contributed by atoms with E-state index in [4.69, 9.17) is 4.74 Å². The van der Waals surface area contributed by atoms with Gasteiger partial charge in [-0.05, 0) is 98.8 Å². The average molecular weight is 439 g/mol. The summed E-state index contributed by atoms with van der Waals surface area (Å²) in [6, 6.07) is 9.66. The summed E-state index contributed by atoms with van der Waals surface area (Å²) in [4.78, 5) is 6.71. The number of nitrogens with zero attached hydrogens (tertiary/aromatic N) is 2. The summed E-state index contributed by atoms with van der Waals surface area (Å²) in [5, 5.41) is 2.49. The fourth-order valence-corrected chi connectivity index (χ4v) is 8.10. The first-order chi connectivity index (χ1) is 15.9. The second-order valence-corrected chi connectivity index (χ2v) is 11.6. The van der Waals surface area contributed by atoms with Crippen molar-refractivity contribution < 1.29 is 4.74 Å². The minimum Gasteiger partial charge on any atom is -0.359 e. The van der Waals surface area contributed by atoms with Crippen LogP contribution in [-0.2, 0) is 4.74 Å². The number of aromatic nitrogens is 1. The van der Waals surface area contributed by atoms with Crippen molar-refractivity contribution in [1.82, 2.24) is 9.88 Å². The highest BCUT2D eigenvalue weighted by atomic mass is 16.5. The third kappa shape index (κ3) is 2.61. The zero-order chi connectivity index (χ0) is 22.4. The first-order valence-electron chi connectivity index (χ1n) is 12.8. The molecule has 1 aromatic heterocycles. The van der Waals surface area contributed by atoms with Crippen molar-refractivity contribution in [3.05, 3.63) is 71.6 Å². The highest BCUT2D eigenvalue weighted by Gasteiger charge is 2.65. The molecule has 170 valence electrons. The number of ether oxygens (including phenoxy) is 1. The average Bonchev–Trinajstić information content (AvgIpc) is 3.33. The molecular weight excluding hydrogens is 404 g/mol. The first-order valence-corrected chi connectivity index (χ1v) is 12.8. The lowest BCUT2D eigenvalue weighted by atomic mass is 9.58. The summed E-state index contributed by atoms with van der Waals surface area (Å²) in [5.74, 6) is 0.519. The van der Waals surface area contributed by atoms with Crippen molar-refractivity contribution in [2.24, 2.45) is 11.3 Å². The van der Waals surface area contributed by atoms with Gasteiger partial charge in [-0.2, -0.15) is 0 Å². The molecule has 2 fully saturated rings. The van der Waals surface area contributed by atoms with Gasteiger partial charge in [-0.15, -0.1) is 0 Å². The Bertz CT molecular complexity index is 1250. The number of benzene rings is 1. The molecule has 2 spiro atoms. The standard InChI is InChI=1S/C30H34N2O/c1-28-12-10-24-17-23-6-7-25(32(2)3)18-29(23)13-14-30(24,33-29)27(28)9-8-26(28)21-4-5-22-19-31-15-11-20(22)16-21/h4-5,8,10-11,15-17,19,25,27H,6-7,9,12-14,18H2,1-3H3/t25-,27+,28+,29?,30+/m0/s1. The Morgan fingerprint density at radius 2 is 2.00 bits per heavy atom. The number of hydrogen-bond acceptors (Lipinski definition) is 3. The lowest BCUT2D eigenvalue weighted by molar-refractivity contribution is -0.134. The summed E-state index contributed by atoms with van der Waals surface area (Å²) < 4.78 is 7.39. The molecule has 5 aliphatic rings. The van der Waals surface area contributed by atoms with E-state index >= 15 is 0 Å². The van der Waals surface area contributed by atoms with Crippen LogP contribution >= 0.6 is 0 Å². The maximum Gasteiger partial charge on any atom is 0.0980 e. The van der Waals surface area contributed by atoms with Gasteiger partial charge >= 0.3 is 0 Å². The third-order valence-electron chi connectivity index (χ3n) is 9.93. The van der Waals surface area contributed by atoms with Crippen LogP contribution in [0.5, 0.6) is 0 Å². The van der Waals surface area contributed by atoms with Gasteiger partial charge in [-0.3, -0.25) is 4.98 Å². The number of hydrogen-bond donors (Lipinski definition) is 0. The SMILES string of the molecule is CN(C)[C@H]1CCC2=CC3=CC[C@]4(C)C(c5ccc6cnccc6c5)=CC[C@H]4[C@@]34CCC2(C1)O4. The molecular formula is C30H34N2O. The zero-order valence-corrected chi connectivity index (χ0v) is 20.1. The fraction of sp³-hybridized carbons (Fsp3) is 0.500. The molecule has 2 bridgehead atoms. The van der Waals surface area contributed by atoms with Gasteiger partial charge in [-0.25, -0.2) is 0 Å². The number of fused-ring (bicyclic) bond motifs is 2. The van der Waals surface area contributed by atoms with Crippen LogP contribution in [0.1, 0.15) is 57.4 Å². The quantitative estimate of drug-likeness (QED) is 0.549. The highest BCUT2D eigenvalue weighted by Crippen LogP contribution is 2.67. The van der Waals surface area contributed by atoms with Crippen LogP contribution in [0.2, 0.25) is 0 Å². The fourth-order valence-electron chi connectivity index (χ4n) is 8.10. The van der Waals surface area contributed by atoms with Gasteiger partial charge in [0.05, 0.1) is 11.2 Å². The summed E-state index contributed by atoms with van der Waals surface area (Å²) in [5.41, 5.74) is 5.96. The molecule has 2 aliphatic heterocycles. The lowest BCUT2D eigenvalue weighted by Crippen LogP contribution is -2.54. The van der Waals surface area contributed by atoms with Crippen LogP contribution in [0, 0.1) is 11.3 Å². The summed E-state index contributed by atoms with van der Waals surface area (Å²) in [6.45, 7) is 2.51. The Hall–Kier alpha value is -2.23. The Labute approximate surface area is 197 Å². The Kier molecular flexibility index (Phi) is 4.08. The smallest absolute Gasteiger partial charge is 0.0980 e. The molecule has 2 aromatic rings. The molecule has 7 rings (SSSR count). The van der Waals surface area contributed by atoms with E-state index < -0.39 is 0 Å². The molecule has 0 radical (unpaired) electrons. The lowest BCUT2D eigenvalue weighted by Gasteiger charge is -2.54. The summed E-state index contributed by atoms with van der Waals surface area (Å²) >= 11 is 0. The molecule has 33 heavy (non-hydrogen) atoms. The van der Waals surface area contributed by atoms with Gasteiger partial charge in [0.15, 0.2) is 0 Å². The zero-order valence-electron chi connectivity index (χ0n) is 20.1. The Balaban J connectivity index is 1.28. The second kappa shape index (κ2) is 6.67. The van der Waals surface area contributed by atoms with Crippen LogP contribution in [-0.4, -0.2) is 41.2 Å². The van der Waals surface area contributed by atoms with Crippen LogP contribution in [0.4, 0.5) is 0 Å². The van der Waals surface area contributed by atoms with Gasteiger partial charge in [0.25, 0.3) is 0 Å². The molecule has 1 aromatic carbocycles. The van der Waals surface area contributed by atoms with E-state index in [1.54, 1.807) is 5.57 Å². The van der Waals surface area contributed by atoms with E-state index in [0.29, 0.717) is 12.0 Å². The molecule has 5 atom stereocenters. The topological polar surface area (TPSA) is 25.4 Å². The molecule has 3 nitrogen and oxygen atoms in total. The Morgan fingerprint density at radius 1 is 1.09 bits per heavy atom. The molecule has 0 amide bonds. The minimum absolute atomic E-state index is 0.0263. The summed E-state index contributed by atoms with van der Waals surface area (Å²) in [6.07, 6.45) is 19.7. The molecule has 3 aliphatic carbocycles. The predicted molar refractivity (Wildman–Crippen MR) is 134 cm³/mol. The van der Waals surface area contributed by atoms with Gasteiger partial charge in [-0.1, -0.05) is 37.3 Å². The van der Waals surface area contributed by atoms with Gasteiger partial charge < -0.3 is 9.64 Å². The van der Waals surface area contributed by atoms with Gasteiger partial charge in [0.1, 0.15) is 0 Å². The van der Waals surface area contributed by atoms with Crippen LogP contribution in [0.15, 0.2) is 66.0 Å². The van der Waals surface area contributed by atoms with Crippen molar-refractivity contribution in [1.29, 1.82) is 0 Å². The monoisotopic (exact) mass is 438 g/mol. The maximum atomic E-state index is 7.39. The highest BCUT2D eigenvalue weighted by molar-refractivity contribution is 5.87. The van der Waals surface area contributed by atoms with Crippen LogP contribution in [0.3, 0.4) is 0 Å². The van der Waals surface area contributed by atoms with E-state index in [-0.39, 0.29) is 16.6 Å². The van der Waals surface area contributed by atoms with Crippen molar-refractivity contribution >= 4 is 16.3 Å². The number of pyridine rings is 1. The van der Waals surface area contributed by atoms with E-state index in [2.05, 4.69) is 73.4 Å². The molecule has 3 heteroatoms. The minimum atomic E-state index is -0.107. The first kappa shape index (κ1) is 20.2. The Morgan fingerprint density at radius 3 is 2.88 bits per heavy atom. The molecule has 3 heterocycles. The van der Waals surface area contributed by atoms with Crippen LogP contribution < -0.4 is 0 Å². The second-order valence-electron chi connectivity index (χ2n) is 11.6. The maximum absolute atomic E-state index is 7.39. The number of rotatable bonds is 2. The molecule has 0 N–H and O–H groups in total.